The molecular weight excluding hydrogens is 543 g/mol. The molecule has 7 rings (SSSR count). The minimum atomic E-state index is -1.14. The number of allylic oxidation sites excluding steroid dienone is 1. The highest BCUT2D eigenvalue weighted by molar-refractivity contribution is 6.00. The third-order valence-corrected chi connectivity index (χ3v) is 8.48. The van der Waals surface area contributed by atoms with E-state index >= 15 is 0 Å². The van der Waals surface area contributed by atoms with Crippen molar-refractivity contribution in [2.75, 3.05) is 20.2 Å². The molecule has 2 aliphatic rings. The SMILES string of the molecule is COc1cc(C(=O)N2C[C@H](N)C[C@@H](F)C2)cc2nc3n(c12)Cc1cccc(c1)/C=C\CCCCn1c-3cc2cccnc21. The average molecular weight is 579 g/mol. The molecule has 0 saturated carbocycles. The monoisotopic (exact) mass is 578 g/mol. The number of amides is 1. The fourth-order valence-electron chi connectivity index (χ4n) is 6.51. The van der Waals surface area contributed by atoms with Gasteiger partial charge in [0.1, 0.15) is 23.1 Å². The number of fused-ring (bicyclic) bond motifs is 9. The van der Waals surface area contributed by atoms with E-state index in [1.165, 1.54) is 4.90 Å². The lowest BCUT2D eigenvalue weighted by Crippen LogP contribution is -2.50. The molecule has 3 aromatic heterocycles. The van der Waals surface area contributed by atoms with Crippen LogP contribution in [0.15, 0.2) is 66.9 Å². The number of aryl methyl sites for hydroxylation is 1. The number of carbonyl (C=O) groups is 1. The lowest BCUT2D eigenvalue weighted by molar-refractivity contribution is 0.0606. The van der Waals surface area contributed by atoms with Crippen LogP contribution in [-0.2, 0) is 13.1 Å². The van der Waals surface area contributed by atoms with Crippen LogP contribution in [-0.4, -0.2) is 62.3 Å². The first-order chi connectivity index (χ1) is 21.0. The van der Waals surface area contributed by atoms with Gasteiger partial charge in [-0.2, -0.15) is 0 Å². The van der Waals surface area contributed by atoms with Gasteiger partial charge < -0.3 is 24.5 Å². The Morgan fingerprint density at radius 3 is 2.84 bits per heavy atom. The van der Waals surface area contributed by atoms with E-state index in [1.807, 2.05) is 12.3 Å². The molecule has 1 saturated heterocycles. The van der Waals surface area contributed by atoms with Gasteiger partial charge in [-0.3, -0.25) is 4.79 Å². The number of aromatic nitrogens is 4. The molecule has 0 aliphatic carbocycles. The van der Waals surface area contributed by atoms with Crippen LogP contribution in [0.3, 0.4) is 0 Å². The number of rotatable bonds is 2. The van der Waals surface area contributed by atoms with Crippen molar-refractivity contribution >= 4 is 34.1 Å². The summed E-state index contributed by atoms with van der Waals surface area (Å²) in [5, 5.41) is 1.05. The Morgan fingerprint density at radius 2 is 1.98 bits per heavy atom. The van der Waals surface area contributed by atoms with Crippen LogP contribution in [0.4, 0.5) is 4.39 Å². The first kappa shape index (κ1) is 27.3. The maximum Gasteiger partial charge on any atom is 0.254 e. The van der Waals surface area contributed by atoms with Gasteiger partial charge in [-0.1, -0.05) is 30.4 Å². The number of hydrogen-bond acceptors (Lipinski definition) is 5. The largest absolute Gasteiger partial charge is 0.494 e. The summed E-state index contributed by atoms with van der Waals surface area (Å²) in [6.07, 6.45) is 8.44. The van der Waals surface area contributed by atoms with Crippen LogP contribution >= 0.6 is 0 Å². The first-order valence-corrected chi connectivity index (χ1v) is 15.0. The smallest absolute Gasteiger partial charge is 0.254 e. The van der Waals surface area contributed by atoms with Gasteiger partial charge in [0, 0.05) is 42.8 Å². The van der Waals surface area contributed by atoms with Crippen molar-refractivity contribution in [1.29, 1.82) is 0 Å². The van der Waals surface area contributed by atoms with Crippen LogP contribution in [0.5, 0.6) is 5.75 Å². The highest BCUT2D eigenvalue weighted by atomic mass is 19.1. The standard InChI is InChI=1S/C34H35FN6O2/c1-43-30-17-25(34(42)39-20-26(35)18-27(36)21-39)15-28-31(30)41-19-23-10-6-9-22(14-23)8-4-2-3-5-13-40-29(33(41)38-28)16-24-11-7-12-37-32(24)40/h4,6-12,14-17,26-27H,2-3,5,13,18-21,36H2,1H3/b8-4-/t26-,27-/m1/s1. The van der Waals surface area contributed by atoms with Crippen molar-refractivity contribution in [2.45, 2.75) is 51.0 Å². The summed E-state index contributed by atoms with van der Waals surface area (Å²) in [4.78, 5) is 25.0. The van der Waals surface area contributed by atoms with Gasteiger partial charge >= 0.3 is 0 Å². The van der Waals surface area contributed by atoms with E-state index in [2.05, 4.69) is 57.7 Å². The van der Waals surface area contributed by atoms with E-state index in [9.17, 15) is 9.18 Å². The molecule has 2 bridgehead atoms. The van der Waals surface area contributed by atoms with E-state index in [1.54, 1.807) is 19.2 Å². The normalized spacial score (nSPS) is 19.9. The van der Waals surface area contributed by atoms with E-state index < -0.39 is 6.17 Å². The van der Waals surface area contributed by atoms with E-state index in [4.69, 9.17) is 20.4 Å². The molecule has 0 unspecified atom stereocenters. The van der Waals surface area contributed by atoms with Crippen molar-refractivity contribution in [1.82, 2.24) is 24.0 Å². The fourth-order valence-corrected chi connectivity index (χ4v) is 6.51. The topological polar surface area (TPSA) is 91.2 Å². The molecule has 5 aromatic rings. The summed E-state index contributed by atoms with van der Waals surface area (Å²) in [5.74, 6) is 1.04. The molecule has 1 fully saturated rings. The second-order valence-corrected chi connectivity index (χ2v) is 11.6. The number of alkyl halides is 1. The van der Waals surface area contributed by atoms with Crippen LogP contribution in [0.2, 0.25) is 0 Å². The van der Waals surface area contributed by atoms with Crippen molar-refractivity contribution in [3.63, 3.8) is 0 Å². The molecule has 0 spiro atoms. The number of benzene rings is 2. The zero-order chi connectivity index (χ0) is 29.5. The molecule has 8 nitrogen and oxygen atoms in total. The number of methoxy groups -OCH3 is 1. The predicted molar refractivity (Wildman–Crippen MR) is 167 cm³/mol. The number of nitrogens with zero attached hydrogens (tertiary/aromatic N) is 5. The molecule has 5 heterocycles. The molecule has 0 radical (unpaired) electrons. The maximum absolute atomic E-state index is 14.4. The zero-order valence-electron chi connectivity index (χ0n) is 24.2. The second-order valence-electron chi connectivity index (χ2n) is 11.6. The van der Waals surface area contributed by atoms with Gasteiger partial charge in [-0.25, -0.2) is 14.4 Å². The predicted octanol–water partition coefficient (Wildman–Crippen LogP) is 5.82. The van der Waals surface area contributed by atoms with Crippen molar-refractivity contribution in [3.05, 3.63) is 83.6 Å². The minimum Gasteiger partial charge on any atom is -0.494 e. The average Bonchev–Trinajstić information content (AvgIpc) is 3.55. The summed E-state index contributed by atoms with van der Waals surface area (Å²) in [6, 6.07) is 17.9. The van der Waals surface area contributed by atoms with Crippen molar-refractivity contribution in [2.24, 2.45) is 5.73 Å². The van der Waals surface area contributed by atoms with E-state index in [0.717, 1.165) is 65.0 Å². The Hall–Kier alpha value is -4.50. The number of pyridine rings is 1. The third-order valence-electron chi connectivity index (χ3n) is 8.48. The van der Waals surface area contributed by atoms with Gasteiger partial charge in [0.25, 0.3) is 5.91 Å². The van der Waals surface area contributed by atoms with Crippen LogP contribution in [0.1, 0.15) is 47.2 Å². The van der Waals surface area contributed by atoms with Gasteiger partial charge in [0.15, 0.2) is 5.82 Å². The number of nitrogens with two attached hydrogens (primary N) is 1. The lowest BCUT2D eigenvalue weighted by Gasteiger charge is -2.33. The zero-order valence-corrected chi connectivity index (χ0v) is 24.2. The molecule has 220 valence electrons. The Bertz CT molecular complexity index is 1850. The summed E-state index contributed by atoms with van der Waals surface area (Å²) in [6.45, 7) is 1.71. The van der Waals surface area contributed by atoms with Gasteiger partial charge in [-0.15, -0.1) is 0 Å². The number of imidazole rings is 1. The highest BCUT2D eigenvalue weighted by Gasteiger charge is 2.30. The third kappa shape index (κ3) is 5.18. The maximum atomic E-state index is 14.4. The molecule has 2 N–H and O–H groups in total. The number of ether oxygens (including phenoxy) is 1. The highest BCUT2D eigenvalue weighted by Crippen LogP contribution is 2.36. The van der Waals surface area contributed by atoms with Crippen molar-refractivity contribution in [3.8, 4) is 17.3 Å². The van der Waals surface area contributed by atoms with E-state index in [0.29, 0.717) is 29.9 Å². The summed E-state index contributed by atoms with van der Waals surface area (Å²) in [7, 11) is 1.60. The second kappa shape index (κ2) is 11.3. The Labute approximate surface area is 249 Å². The molecule has 9 heteroatoms. The molecule has 2 aliphatic heterocycles. The van der Waals surface area contributed by atoms with Crippen molar-refractivity contribution < 1.29 is 13.9 Å². The van der Waals surface area contributed by atoms with Crippen LogP contribution < -0.4 is 10.5 Å². The summed E-state index contributed by atoms with van der Waals surface area (Å²) in [5.41, 5.74) is 12.1. The fraction of sp³-hybridized carbons (Fsp3) is 0.324. The number of carbonyl (C=O) groups excluding carboxylic acids is 1. The number of likely N-dealkylation sites (tertiary alicyclic amines) is 1. The van der Waals surface area contributed by atoms with Crippen LogP contribution in [0, 0.1) is 0 Å². The quantitative estimate of drug-likeness (QED) is 0.285. The van der Waals surface area contributed by atoms with Gasteiger partial charge in [-0.05, 0) is 73.2 Å². The first-order valence-electron chi connectivity index (χ1n) is 15.0. The summed E-state index contributed by atoms with van der Waals surface area (Å²) >= 11 is 0. The van der Waals surface area contributed by atoms with E-state index in [-0.39, 0.29) is 24.9 Å². The number of hydrogen-bond donors (Lipinski definition) is 1. The Balaban J connectivity index is 1.44. The number of piperidine rings is 1. The van der Waals surface area contributed by atoms with Gasteiger partial charge in [0.2, 0.25) is 0 Å². The van der Waals surface area contributed by atoms with Gasteiger partial charge in [0.05, 0.1) is 24.9 Å². The van der Waals surface area contributed by atoms with Crippen LogP contribution in [0.25, 0.3) is 39.7 Å². The molecule has 1 amide bonds. The Kier molecular flexibility index (Phi) is 7.18. The molecule has 2 aromatic carbocycles. The minimum absolute atomic E-state index is 0.0322. The Morgan fingerprint density at radius 1 is 1.07 bits per heavy atom. The molecule has 43 heavy (non-hydrogen) atoms. The number of halogens is 1. The molecular formula is C34H35FN6O2. The lowest BCUT2D eigenvalue weighted by atomic mass is 10.0. The molecule has 2 atom stereocenters. The summed E-state index contributed by atoms with van der Waals surface area (Å²) < 4.78 is 24.7.